The standard InChI is InChI=1S/C7H13NO3/c1-3-5(2)8-6(4-9)7(10)11/h3,6,8-9H,4H2,1-2H3,(H,10,11). The fourth-order valence-corrected chi connectivity index (χ4v) is 0.544. The van der Waals surface area contributed by atoms with Crippen molar-refractivity contribution in [3.63, 3.8) is 0 Å². The number of aliphatic hydroxyl groups is 1. The molecule has 0 aliphatic rings. The zero-order valence-corrected chi connectivity index (χ0v) is 6.66. The number of hydrogen-bond donors (Lipinski definition) is 3. The summed E-state index contributed by atoms with van der Waals surface area (Å²) in [6.45, 7) is 3.13. The van der Waals surface area contributed by atoms with Crippen molar-refractivity contribution in [1.29, 1.82) is 0 Å². The van der Waals surface area contributed by atoms with E-state index in [0.29, 0.717) is 0 Å². The minimum Gasteiger partial charge on any atom is -0.480 e. The van der Waals surface area contributed by atoms with Gasteiger partial charge in [-0.05, 0) is 13.8 Å². The summed E-state index contributed by atoms with van der Waals surface area (Å²) in [5, 5.41) is 19.7. The fraction of sp³-hybridized carbons (Fsp3) is 0.571. The van der Waals surface area contributed by atoms with Crippen molar-refractivity contribution in [2.24, 2.45) is 0 Å². The highest BCUT2D eigenvalue weighted by molar-refractivity contribution is 5.73. The number of carboxylic acid groups (broad SMARTS) is 1. The first-order chi connectivity index (χ1) is 5.11. The molecule has 0 spiro atoms. The number of rotatable bonds is 4. The molecule has 0 fully saturated rings. The van der Waals surface area contributed by atoms with Gasteiger partial charge in [0.1, 0.15) is 6.04 Å². The molecule has 0 aliphatic carbocycles. The molecule has 3 N–H and O–H groups in total. The predicted molar refractivity (Wildman–Crippen MR) is 41.1 cm³/mol. The third-order valence-electron chi connectivity index (χ3n) is 1.32. The maximum atomic E-state index is 10.3. The second-order valence-corrected chi connectivity index (χ2v) is 2.19. The Kier molecular flexibility index (Phi) is 4.29. The Morgan fingerprint density at radius 3 is 2.55 bits per heavy atom. The summed E-state index contributed by atoms with van der Waals surface area (Å²) >= 11 is 0. The number of carboxylic acids is 1. The van der Waals surface area contributed by atoms with E-state index in [1.807, 2.05) is 0 Å². The van der Waals surface area contributed by atoms with Crippen LogP contribution in [0.4, 0.5) is 0 Å². The minimum absolute atomic E-state index is 0.402. The first kappa shape index (κ1) is 9.97. The molecule has 0 heterocycles. The molecule has 0 saturated carbocycles. The van der Waals surface area contributed by atoms with E-state index in [0.717, 1.165) is 5.70 Å². The van der Waals surface area contributed by atoms with Crippen molar-refractivity contribution < 1.29 is 15.0 Å². The van der Waals surface area contributed by atoms with Gasteiger partial charge in [-0.3, -0.25) is 0 Å². The molecule has 1 atom stereocenters. The van der Waals surface area contributed by atoms with Crippen LogP contribution >= 0.6 is 0 Å². The third kappa shape index (κ3) is 3.62. The normalized spacial score (nSPS) is 14.3. The van der Waals surface area contributed by atoms with Crippen molar-refractivity contribution in [1.82, 2.24) is 5.32 Å². The molecule has 0 aliphatic heterocycles. The van der Waals surface area contributed by atoms with Crippen LogP contribution in [-0.4, -0.2) is 28.8 Å². The minimum atomic E-state index is -1.05. The molecular formula is C7H13NO3. The summed E-state index contributed by atoms with van der Waals surface area (Å²) in [4.78, 5) is 10.3. The third-order valence-corrected chi connectivity index (χ3v) is 1.32. The Balaban J connectivity index is 3.98. The van der Waals surface area contributed by atoms with Crippen LogP contribution in [0.5, 0.6) is 0 Å². The lowest BCUT2D eigenvalue weighted by Gasteiger charge is -2.12. The van der Waals surface area contributed by atoms with E-state index in [2.05, 4.69) is 5.32 Å². The second-order valence-electron chi connectivity index (χ2n) is 2.19. The first-order valence-corrected chi connectivity index (χ1v) is 3.35. The van der Waals surface area contributed by atoms with Crippen molar-refractivity contribution >= 4 is 5.97 Å². The lowest BCUT2D eigenvalue weighted by atomic mass is 10.3. The molecule has 0 aromatic carbocycles. The van der Waals surface area contributed by atoms with Gasteiger partial charge in [0.25, 0.3) is 0 Å². The first-order valence-electron chi connectivity index (χ1n) is 3.35. The zero-order chi connectivity index (χ0) is 8.85. The lowest BCUT2D eigenvalue weighted by Crippen LogP contribution is -2.38. The molecule has 11 heavy (non-hydrogen) atoms. The van der Waals surface area contributed by atoms with E-state index in [4.69, 9.17) is 10.2 Å². The Bertz CT molecular complexity index is 165. The van der Waals surface area contributed by atoms with Crippen LogP contribution in [-0.2, 0) is 4.79 Å². The van der Waals surface area contributed by atoms with E-state index < -0.39 is 18.6 Å². The molecule has 0 bridgehead atoms. The fourth-order valence-electron chi connectivity index (χ4n) is 0.544. The molecule has 64 valence electrons. The van der Waals surface area contributed by atoms with Crippen LogP contribution in [0.15, 0.2) is 11.8 Å². The van der Waals surface area contributed by atoms with E-state index in [1.165, 1.54) is 0 Å². The number of carbonyl (C=O) groups is 1. The van der Waals surface area contributed by atoms with Gasteiger partial charge in [0, 0.05) is 5.70 Å². The molecule has 0 aromatic rings. The molecule has 4 nitrogen and oxygen atoms in total. The molecule has 0 rings (SSSR count). The summed E-state index contributed by atoms with van der Waals surface area (Å²) in [5.74, 6) is -1.05. The van der Waals surface area contributed by atoms with Gasteiger partial charge >= 0.3 is 5.97 Å². The predicted octanol–water partition coefficient (Wildman–Crippen LogP) is -0.0548. The Morgan fingerprint density at radius 2 is 2.27 bits per heavy atom. The van der Waals surface area contributed by atoms with Crippen LogP contribution < -0.4 is 5.32 Å². The average Bonchev–Trinajstić information content (AvgIpc) is 1.99. The molecule has 4 heteroatoms. The van der Waals surface area contributed by atoms with Gasteiger partial charge in [0.2, 0.25) is 0 Å². The van der Waals surface area contributed by atoms with Gasteiger partial charge in [-0.1, -0.05) is 6.08 Å². The molecule has 1 unspecified atom stereocenters. The number of aliphatic carboxylic acids is 1. The van der Waals surface area contributed by atoms with Gasteiger partial charge in [-0.2, -0.15) is 0 Å². The molecule has 0 aromatic heterocycles. The van der Waals surface area contributed by atoms with E-state index in [9.17, 15) is 4.79 Å². The van der Waals surface area contributed by atoms with Gasteiger partial charge in [0.05, 0.1) is 6.61 Å². The van der Waals surface area contributed by atoms with Crippen LogP contribution in [0, 0.1) is 0 Å². The number of allylic oxidation sites excluding steroid dienone is 2. The summed E-state index contributed by atoms with van der Waals surface area (Å²) in [5.41, 5.74) is 0.742. The smallest absolute Gasteiger partial charge is 0.328 e. The van der Waals surface area contributed by atoms with Gasteiger partial charge in [-0.25, -0.2) is 4.79 Å². The quantitative estimate of drug-likeness (QED) is 0.537. The monoisotopic (exact) mass is 159 g/mol. The highest BCUT2D eigenvalue weighted by Crippen LogP contribution is 1.90. The van der Waals surface area contributed by atoms with Gasteiger partial charge < -0.3 is 15.5 Å². The highest BCUT2D eigenvalue weighted by Gasteiger charge is 2.14. The van der Waals surface area contributed by atoms with Crippen molar-refractivity contribution in [3.8, 4) is 0 Å². The topological polar surface area (TPSA) is 69.6 Å². The van der Waals surface area contributed by atoms with Crippen molar-refractivity contribution in [2.45, 2.75) is 19.9 Å². The molecular weight excluding hydrogens is 146 g/mol. The molecule has 0 amide bonds. The Morgan fingerprint density at radius 1 is 1.73 bits per heavy atom. The average molecular weight is 159 g/mol. The highest BCUT2D eigenvalue weighted by atomic mass is 16.4. The van der Waals surface area contributed by atoms with Crippen molar-refractivity contribution in [2.75, 3.05) is 6.61 Å². The van der Waals surface area contributed by atoms with E-state index in [-0.39, 0.29) is 0 Å². The Labute approximate surface area is 65.5 Å². The lowest BCUT2D eigenvalue weighted by molar-refractivity contribution is -0.140. The summed E-state index contributed by atoms with van der Waals surface area (Å²) in [6.07, 6.45) is 1.74. The van der Waals surface area contributed by atoms with Crippen LogP contribution in [0.1, 0.15) is 13.8 Å². The van der Waals surface area contributed by atoms with Gasteiger partial charge in [-0.15, -0.1) is 0 Å². The van der Waals surface area contributed by atoms with Crippen LogP contribution in [0.3, 0.4) is 0 Å². The van der Waals surface area contributed by atoms with Gasteiger partial charge in [0.15, 0.2) is 0 Å². The van der Waals surface area contributed by atoms with E-state index in [1.54, 1.807) is 19.9 Å². The maximum Gasteiger partial charge on any atom is 0.328 e. The summed E-state index contributed by atoms with van der Waals surface area (Å²) < 4.78 is 0. The van der Waals surface area contributed by atoms with E-state index >= 15 is 0 Å². The second kappa shape index (κ2) is 4.73. The summed E-state index contributed by atoms with van der Waals surface area (Å²) in [7, 11) is 0. The number of aliphatic hydroxyl groups excluding tert-OH is 1. The zero-order valence-electron chi connectivity index (χ0n) is 6.66. The van der Waals surface area contributed by atoms with Crippen LogP contribution in [0.25, 0.3) is 0 Å². The SMILES string of the molecule is CC=C(C)NC(CO)C(=O)O. The summed E-state index contributed by atoms with van der Waals surface area (Å²) in [6, 6.07) is -0.897. The number of hydrogen-bond acceptors (Lipinski definition) is 3. The Hall–Kier alpha value is -1.03. The van der Waals surface area contributed by atoms with Crippen LogP contribution in [0.2, 0.25) is 0 Å². The molecule has 0 saturated heterocycles. The largest absolute Gasteiger partial charge is 0.480 e. The number of nitrogens with one attached hydrogen (secondary N) is 1. The molecule has 0 radical (unpaired) electrons. The maximum absolute atomic E-state index is 10.3. The van der Waals surface area contributed by atoms with Crippen molar-refractivity contribution in [3.05, 3.63) is 11.8 Å².